The normalized spacial score (nSPS) is 10.3. The molecule has 0 bridgehead atoms. The first-order valence-corrected chi connectivity index (χ1v) is 5.82. The molecule has 0 radical (unpaired) electrons. The zero-order valence-electron chi connectivity index (χ0n) is 10.7. The van der Waals surface area contributed by atoms with Crippen molar-refractivity contribution in [3.63, 3.8) is 0 Å². The summed E-state index contributed by atoms with van der Waals surface area (Å²) in [5, 5.41) is 9.45. The summed E-state index contributed by atoms with van der Waals surface area (Å²) >= 11 is 0. The molecule has 0 spiro atoms. The number of carbonyl (C=O) groups is 1. The molecule has 2 rings (SSSR count). The predicted octanol–water partition coefficient (Wildman–Crippen LogP) is 3.12. The number of aromatic hydroxyl groups is 1. The lowest BCUT2D eigenvalue weighted by Crippen LogP contribution is -2.26. The van der Waals surface area contributed by atoms with E-state index in [0.29, 0.717) is 16.8 Å². The summed E-state index contributed by atoms with van der Waals surface area (Å²) in [5.41, 5.74) is 1.72. The van der Waals surface area contributed by atoms with Gasteiger partial charge < -0.3 is 10.0 Å². The molecule has 19 heavy (non-hydrogen) atoms. The number of hydrogen-bond acceptors (Lipinski definition) is 2. The van der Waals surface area contributed by atoms with Crippen molar-refractivity contribution in [2.45, 2.75) is 6.92 Å². The number of rotatable bonds is 2. The van der Waals surface area contributed by atoms with E-state index in [-0.39, 0.29) is 17.5 Å². The maximum absolute atomic E-state index is 12.8. The van der Waals surface area contributed by atoms with Crippen molar-refractivity contribution < 1.29 is 14.3 Å². The van der Waals surface area contributed by atoms with Gasteiger partial charge in [0.2, 0.25) is 0 Å². The fourth-order valence-electron chi connectivity index (χ4n) is 1.76. The Morgan fingerprint density at radius 2 is 1.79 bits per heavy atom. The summed E-state index contributed by atoms with van der Waals surface area (Å²) in [5.74, 6) is -0.402. The standard InChI is InChI=1S/C15H14FNO2/c1-10-9-11(3-8-14(10)18)15(19)17(2)13-6-4-12(16)5-7-13/h3-9,18H,1-2H3. The van der Waals surface area contributed by atoms with Crippen LogP contribution < -0.4 is 4.90 Å². The third-order valence-electron chi connectivity index (χ3n) is 2.96. The highest BCUT2D eigenvalue weighted by atomic mass is 19.1. The molecule has 4 heteroatoms. The van der Waals surface area contributed by atoms with E-state index >= 15 is 0 Å². The molecule has 3 nitrogen and oxygen atoms in total. The van der Waals surface area contributed by atoms with Gasteiger partial charge in [-0.1, -0.05) is 0 Å². The monoisotopic (exact) mass is 259 g/mol. The maximum Gasteiger partial charge on any atom is 0.258 e. The second kappa shape index (κ2) is 5.10. The fourth-order valence-corrected chi connectivity index (χ4v) is 1.76. The minimum absolute atomic E-state index is 0.154. The van der Waals surface area contributed by atoms with Crippen molar-refractivity contribution in [3.05, 3.63) is 59.4 Å². The van der Waals surface area contributed by atoms with E-state index in [1.54, 1.807) is 38.2 Å². The number of nitrogens with zero attached hydrogens (tertiary/aromatic N) is 1. The van der Waals surface area contributed by atoms with Crippen LogP contribution in [0.4, 0.5) is 10.1 Å². The molecule has 0 unspecified atom stereocenters. The highest BCUT2D eigenvalue weighted by molar-refractivity contribution is 6.05. The number of aryl methyl sites for hydroxylation is 1. The highest BCUT2D eigenvalue weighted by Crippen LogP contribution is 2.20. The van der Waals surface area contributed by atoms with Crippen molar-refractivity contribution in [2.24, 2.45) is 0 Å². The minimum Gasteiger partial charge on any atom is -0.508 e. The van der Waals surface area contributed by atoms with Crippen LogP contribution in [0.15, 0.2) is 42.5 Å². The summed E-state index contributed by atoms with van der Waals surface area (Å²) in [4.78, 5) is 13.7. The molecule has 2 aromatic rings. The Kier molecular flexibility index (Phi) is 3.51. The first kappa shape index (κ1) is 13.1. The lowest BCUT2D eigenvalue weighted by molar-refractivity contribution is 0.0993. The van der Waals surface area contributed by atoms with Gasteiger partial charge >= 0.3 is 0 Å². The molecule has 0 heterocycles. The summed E-state index contributed by atoms with van der Waals surface area (Å²) < 4.78 is 12.8. The summed E-state index contributed by atoms with van der Waals surface area (Å²) in [7, 11) is 1.62. The molecule has 0 atom stereocenters. The average Bonchev–Trinajstić information content (AvgIpc) is 2.41. The van der Waals surface area contributed by atoms with Crippen LogP contribution in [0.5, 0.6) is 5.75 Å². The van der Waals surface area contributed by atoms with Crippen LogP contribution in [-0.2, 0) is 0 Å². The molecule has 1 amide bonds. The molecule has 98 valence electrons. The van der Waals surface area contributed by atoms with Crippen molar-refractivity contribution in [1.82, 2.24) is 0 Å². The van der Waals surface area contributed by atoms with Gasteiger partial charge in [0, 0.05) is 18.3 Å². The van der Waals surface area contributed by atoms with Crippen LogP contribution >= 0.6 is 0 Å². The van der Waals surface area contributed by atoms with E-state index in [1.165, 1.54) is 23.1 Å². The van der Waals surface area contributed by atoms with Gasteiger partial charge in [-0.3, -0.25) is 4.79 Å². The second-order valence-electron chi connectivity index (χ2n) is 4.34. The van der Waals surface area contributed by atoms with E-state index in [9.17, 15) is 14.3 Å². The zero-order chi connectivity index (χ0) is 14.0. The molecular formula is C15H14FNO2. The van der Waals surface area contributed by atoms with Crippen molar-refractivity contribution >= 4 is 11.6 Å². The number of phenolic OH excluding ortho intramolecular Hbond substituents is 1. The topological polar surface area (TPSA) is 40.5 Å². The smallest absolute Gasteiger partial charge is 0.258 e. The SMILES string of the molecule is Cc1cc(C(=O)N(C)c2ccc(F)cc2)ccc1O. The molecule has 0 aromatic heterocycles. The van der Waals surface area contributed by atoms with E-state index in [2.05, 4.69) is 0 Å². The number of anilines is 1. The number of amides is 1. The quantitative estimate of drug-likeness (QED) is 0.900. The van der Waals surface area contributed by atoms with Gasteiger partial charge in [-0.2, -0.15) is 0 Å². The molecule has 1 N–H and O–H groups in total. The Morgan fingerprint density at radius 1 is 1.16 bits per heavy atom. The van der Waals surface area contributed by atoms with Crippen molar-refractivity contribution in [2.75, 3.05) is 11.9 Å². The van der Waals surface area contributed by atoms with Gasteiger partial charge in [0.15, 0.2) is 0 Å². The molecule has 0 aliphatic heterocycles. The fraction of sp³-hybridized carbons (Fsp3) is 0.133. The Hall–Kier alpha value is -2.36. The first-order chi connectivity index (χ1) is 8.99. The zero-order valence-corrected chi connectivity index (χ0v) is 10.7. The van der Waals surface area contributed by atoms with Crippen molar-refractivity contribution in [1.29, 1.82) is 0 Å². The Bertz CT molecular complexity index is 608. The molecule has 0 aliphatic carbocycles. The third kappa shape index (κ3) is 2.73. The third-order valence-corrected chi connectivity index (χ3v) is 2.96. The predicted molar refractivity (Wildman–Crippen MR) is 72.0 cm³/mol. The minimum atomic E-state index is -0.343. The Balaban J connectivity index is 2.28. The van der Waals surface area contributed by atoms with Crippen LogP contribution in [0.3, 0.4) is 0 Å². The lowest BCUT2D eigenvalue weighted by Gasteiger charge is -2.17. The number of carbonyl (C=O) groups excluding carboxylic acids is 1. The Morgan fingerprint density at radius 3 is 2.37 bits per heavy atom. The van der Waals surface area contributed by atoms with E-state index < -0.39 is 0 Å². The molecule has 2 aromatic carbocycles. The van der Waals surface area contributed by atoms with Gasteiger partial charge in [-0.25, -0.2) is 4.39 Å². The van der Waals surface area contributed by atoms with Gasteiger partial charge in [-0.15, -0.1) is 0 Å². The van der Waals surface area contributed by atoms with Crippen LogP contribution in [-0.4, -0.2) is 18.1 Å². The highest BCUT2D eigenvalue weighted by Gasteiger charge is 2.14. The molecule has 0 saturated heterocycles. The van der Waals surface area contributed by atoms with Crippen LogP contribution in [0.1, 0.15) is 15.9 Å². The largest absolute Gasteiger partial charge is 0.508 e. The van der Waals surface area contributed by atoms with Crippen LogP contribution in [0.2, 0.25) is 0 Å². The van der Waals surface area contributed by atoms with E-state index in [4.69, 9.17) is 0 Å². The lowest BCUT2D eigenvalue weighted by atomic mass is 10.1. The number of halogens is 1. The van der Waals surface area contributed by atoms with Crippen LogP contribution in [0.25, 0.3) is 0 Å². The summed E-state index contributed by atoms with van der Waals surface area (Å²) in [6.07, 6.45) is 0. The van der Waals surface area contributed by atoms with E-state index in [1.807, 2.05) is 0 Å². The van der Waals surface area contributed by atoms with E-state index in [0.717, 1.165) is 0 Å². The second-order valence-corrected chi connectivity index (χ2v) is 4.34. The van der Waals surface area contributed by atoms with Crippen molar-refractivity contribution in [3.8, 4) is 5.75 Å². The summed E-state index contributed by atoms with van der Waals surface area (Å²) in [6.45, 7) is 1.73. The molecule has 0 saturated carbocycles. The molecular weight excluding hydrogens is 245 g/mol. The maximum atomic E-state index is 12.8. The van der Waals surface area contributed by atoms with Gasteiger partial charge in [0.25, 0.3) is 5.91 Å². The first-order valence-electron chi connectivity index (χ1n) is 5.82. The van der Waals surface area contributed by atoms with Crippen LogP contribution in [0, 0.1) is 12.7 Å². The summed E-state index contributed by atoms with van der Waals surface area (Å²) in [6, 6.07) is 10.4. The Labute approximate surface area is 110 Å². The van der Waals surface area contributed by atoms with Gasteiger partial charge in [-0.05, 0) is 55.0 Å². The number of phenols is 1. The number of hydrogen-bond donors (Lipinski definition) is 1. The average molecular weight is 259 g/mol. The molecule has 0 fully saturated rings. The van der Waals surface area contributed by atoms with Gasteiger partial charge in [0.1, 0.15) is 11.6 Å². The molecule has 0 aliphatic rings. The number of benzene rings is 2. The van der Waals surface area contributed by atoms with Gasteiger partial charge in [0.05, 0.1) is 0 Å².